The lowest BCUT2D eigenvalue weighted by Crippen LogP contribution is -2.19. The van der Waals surface area contributed by atoms with Gasteiger partial charge >= 0.3 is 0 Å². The molecule has 16 heavy (non-hydrogen) atoms. The number of aromatic nitrogens is 2. The summed E-state index contributed by atoms with van der Waals surface area (Å²) < 4.78 is 0. The fraction of sp³-hybridized carbons (Fsp3) is 0.667. The first-order chi connectivity index (χ1) is 7.29. The second-order valence-electron chi connectivity index (χ2n) is 5.30. The van der Waals surface area contributed by atoms with Crippen LogP contribution in [0.1, 0.15) is 32.3 Å². The highest BCUT2D eigenvalue weighted by molar-refractivity contribution is 6.29. The average Bonchev–Trinajstić information content (AvgIpc) is 2.12. The summed E-state index contributed by atoms with van der Waals surface area (Å²) in [7, 11) is 4.07. The fourth-order valence-corrected chi connectivity index (χ4v) is 1.49. The van der Waals surface area contributed by atoms with Crippen molar-refractivity contribution in [1.29, 1.82) is 0 Å². The van der Waals surface area contributed by atoms with Crippen molar-refractivity contribution in [3.8, 4) is 0 Å². The topological polar surface area (TPSA) is 29.0 Å². The Bertz CT molecular complexity index is 356. The van der Waals surface area contributed by atoms with Crippen LogP contribution in [0, 0.1) is 0 Å². The Morgan fingerprint density at radius 2 is 1.88 bits per heavy atom. The SMILES string of the molecule is CN(C)CCc1nc(Cl)cc(C(C)(C)C)n1. The third kappa shape index (κ3) is 4.06. The van der Waals surface area contributed by atoms with E-state index in [0.29, 0.717) is 5.15 Å². The molecule has 1 aromatic rings. The van der Waals surface area contributed by atoms with E-state index in [1.807, 2.05) is 20.2 Å². The Morgan fingerprint density at radius 3 is 2.38 bits per heavy atom. The van der Waals surface area contributed by atoms with E-state index < -0.39 is 0 Å². The van der Waals surface area contributed by atoms with Gasteiger partial charge in [0.25, 0.3) is 0 Å². The lowest BCUT2D eigenvalue weighted by atomic mass is 9.92. The maximum Gasteiger partial charge on any atom is 0.133 e. The van der Waals surface area contributed by atoms with E-state index >= 15 is 0 Å². The van der Waals surface area contributed by atoms with E-state index in [1.165, 1.54) is 0 Å². The van der Waals surface area contributed by atoms with E-state index in [-0.39, 0.29) is 5.41 Å². The second-order valence-corrected chi connectivity index (χ2v) is 5.68. The predicted octanol–water partition coefficient (Wildman–Crippen LogP) is 2.53. The van der Waals surface area contributed by atoms with Gasteiger partial charge in [-0.05, 0) is 20.2 Å². The molecule has 0 aliphatic heterocycles. The zero-order valence-corrected chi connectivity index (χ0v) is 11.5. The van der Waals surface area contributed by atoms with Crippen molar-refractivity contribution in [2.24, 2.45) is 0 Å². The van der Waals surface area contributed by atoms with E-state index in [9.17, 15) is 0 Å². The quantitative estimate of drug-likeness (QED) is 0.762. The number of hydrogen-bond acceptors (Lipinski definition) is 3. The van der Waals surface area contributed by atoms with E-state index in [1.54, 1.807) is 0 Å². The molecule has 0 spiro atoms. The fourth-order valence-electron chi connectivity index (χ4n) is 1.28. The van der Waals surface area contributed by atoms with Crippen molar-refractivity contribution in [3.63, 3.8) is 0 Å². The molecule has 3 nitrogen and oxygen atoms in total. The van der Waals surface area contributed by atoms with E-state index in [2.05, 4.69) is 35.6 Å². The molecule has 0 atom stereocenters. The van der Waals surface area contributed by atoms with Crippen LogP contribution in [0.5, 0.6) is 0 Å². The lowest BCUT2D eigenvalue weighted by Gasteiger charge is -2.18. The van der Waals surface area contributed by atoms with Crippen LogP contribution in [0.2, 0.25) is 5.15 Å². The number of nitrogens with zero attached hydrogens (tertiary/aromatic N) is 3. The molecule has 90 valence electrons. The molecule has 0 aromatic carbocycles. The van der Waals surface area contributed by atoms with Gasteiger partial charge in [-0.3, -0.25) is 0 Å². The minimum absolute atomic E-state index is 0.0133. The Kier molecular flexibility index (Phi) is 4.28. The van der Waals surface area contributed by atoms with Crippen molar-refractivity contribution in [2.75, 3.05) is 20.6 Å². The molecule has 1 rings (SSSR count). The van der Waals surface area contributed by atoms with Gasteiger partial charge in [0, 0.05) is 18.4 Å². The van der Waals surface area contributed by atoms with Crippen LogP contribution in [-0.2, 0) is 11.8 Å². The molecule has 0 N–H and O–H groups in total. The van der Waals surface area contributed by atoms with Crippen molar-refractivity contribution < 1.29 is 0 Å². The zero-order chi connectivity index (χ0) is 12.3. The van der Waals surface area contributed by atoms with Crippen LogP contribution in [0.3, 0.4) is 0 Å². The Labute approximate surface area is 103 Å². The van der Waals surface area contributed by atoms with Crippen LogP contribution in [0.4, 0.5) is 0 Å². The van der Waals surface area contributed by atoms with Gasteiger partial charge in [0.2, 0.25) is 0 Å². The number of hydrogen-bond donors (Lipinski definition) is 0. The third-order valence-electron chi connectivity index (χ3n) is 2.29. The van der Waals surface area contributed by atoms with Gasteiger partial charge in [-0.25, -0.2) is 9.97 Å². The molecule has 0 aliphatic carbocycles. The molecule has 1 aromatic heterocycles. The van der Waals surface area contributed by atoms with Crippen LogP contribution in [-0.4, -0.2) is 35.5 Å². The highest BCUT2D eigenvalue weighted by atomic mass is 35.5. The Balaban J connectivity index is 2.90. The highest BCUT2D eigenvalue weighted by Crippen LogP contribution is 2.22. The summed E-state index contributed by atoms with van der Waals surface area (Å²) in [6.07, 6.45) is 0.830. The van der Waals surface area contributed by atoms with Crippen LogP contribution < -0.4 is 0 Å². The summed E-state index contributed by atoms with van der Waals surface area (Å²) in [4.78, 5) is 10.9. The third-order valence-corrected chi connectivity index (χ3v) is 2.49. The molecule has 0 bridgehead atoms. The molecule has 0 unspecified atom stereocenters. The normalized spacial score (nSPS) is 12.2. The largest absolute Gasteiger partial charge is 0.309 e. The van der Waals surface area contributed by atoms with Gasteiger partial charge in [0.1, 0.15) is 11.0 Å². The molecule has 0 amide bonds. The highest BCUT2D eigenvalue weighted by Gasteiger charge is 2.17. The van der Waals surface area contributed by atoms with Gasteiger partial charge in [-0.1, -0.05) is 32.4 Å². The second kappa shape index (κ2) is 5.11. The first-order valence-corrected chi connectivity index (χ1v) is 5.85. The van der Waals surface area contributed by atoms with Gasteiger partial charge in [0.05, 0.1) is 5.69 Å². The van der Waals surface area contributed by atoms with Crippen molar-refractivity contribution in [2.45, 2.75) is 32.6 Å². The van der Waals surface area contributed by atoms with Gasteiger partial charge in [0.15, 0.2) is 0 Å². The predicted molar refractivity (Wildman–Crippen MR) is 68.0 cm³/mol. The summed E-state index contributed by atoms with van der Waals surface area (Å²) in [5.74, 6) is 0.825. The molecule has 0 saturated carbocycles. The first-order valence-electron chi connectivity index (χ1n) is 5.47. The Morgan fingerprint density at radius 1 is 1.25 bits per heavy atom. The van der Waals surface area contributed by atoms with Gasteiger partial charge in [-0.15, -0.1) is 0 Å². The molecule has 4 heteroatoms. The molecular weight excluding hydrogens is 222 g/mol. The summed E-state index contributed by atoms with van der Waals surface area (Å²) >= 11 is 6.01. The zero-order valence-electron chi connectivity index (χ0n) is 10.7. The summed E-state index contributed by atoms with van der Waals surface area (Å²) in [5.41, 5.74) is 1.01. The number of likely N-dealkylation sites (N-methyl/N-ethyl adjacent to an activating group) is 1. The standard InChI is InChI=1S/C12H20ClN3/c1-12(2,3)9-8-10(13)15-11(14-9)6-7-16(4)5/h8H,6-7H2,1-5H3. The first kappa shape index (κ1) is 13.4. The maximum absolute atomic E-state index is 6.01. The molecule has 0 fully saturated rings. The Hall–Kier alpha value is -0.670. The summed E-state index contributed by atoms with van der Waals surface area (Å²) in [6.45, 7) is 7.31. The molecule has 1 heterocycles. The van der Waals surface area contributed by atoms with E-state index in [4.69, 9.17) is 11.6 Å². The van der Waals surface area contributed by atoms with Gasteiger partial charge in [-0.2, -0.15) is 0 Å². The van der Waals surface area contributed by atoms with Crippen LogP contribution in [0.15, 0.2) is 6.07 Å². The smallest absolute Gasteiger partial charge is 0.133 e. The summed E-state index contributed by atoms with van der Waals surface area (Å²) in [5, 5.41) is 0.536. The molecule has 0 saturated heterocycles. The maximum atomic E-state index is 6.01. The lowest BCUT2D eigenvalue weighted by molar-refractivity contribution is 0.408. The minimum atomic E-state index is 0.0133. The van der Waals surface area contributed by atoms with Crippen molar-refractivity contribution in [1.82, 2.24) is 14.9 Å². The van der Waals surface area contributed by atoms with Gasteiger partial charge < -0.3 is 4.90 Å². The monoisotopic (exact) mass is 241 g/mol. The molecular formula is C12H20ClN3. The minimum Gasteiger partial charge on any atom is -0.309 e. The van der Waals surface area contributed by atoms with E-state index in [0.717, 1.165) is 24.5 Å². The molecule has 0 radical (unpaired) electrons. The number of halogens is 1. The van der Waals surface area contributed by atoms with Crippen LogP contribution >= 0.6 is 11.6 Å². The van der Waals surface area contributed by atoms with Crippen molar-refractivity contribution >= 4 is 11.6 Å². The van der Waals surface area contributed by atoms with Crippen LogP contribution in [0.25, 0.3) is 0 Å². The van der Waals surface area contributed by atoms with Crippen molar-refractivity contribution in [3.05, 3.63) is 22.7 Å². The number of rotatable bonds is 3. The molecule has 0 aliphatic rings. The summed E-state index contributed by atoms with van der Waals surface area (Å²) in [6, 6.07) is 1.85. The average molecular weight is 242 g/mol.